The lowest BCUT2D eigenvalue weighted by Gasteiger charge is -2.40. The lowest BCUT2D eigenvalue weighted by Crippen LogP contribution is -2.39. The topological polar surface area (TPSA) is 35.5 Å². The molecule has 0 fully saturated rings. The second-order valence-corrected chi connectivity index (χ2v) is 13.0. The minimum Gasteiger partial charge on any atom is -0.547 e. The lowest BCUT2D eigenvalue weighted by atomic mass is 9.70. The highest BCUT2D eigenvalue weighted by molar-refractivity contribution is 6.74. The second kappa shape index (κ2) is 11.9. The van der Waals surface area contributed by atoms with Gasteiger partial charge in [0, 0.05) is 12.8 Å². The molecule has 1 atom stereocenters. The zero-order valence-corrected chi connectivity index (χ0v) is 19.9. The molecule has 4 heteroatoms. The third kappa shape index (κ3) is 8.01. The van der Waals surface area contributed by atoms with Crippen LogP contribution in [-0.4, -0.2) is 20.9 Å². The summed E-state index contributed by atoms with van der Waals surface area (Å²) < 4.78 is 12.0. The van der Waals surface area contributed by atoms with Crippen LogP contribution >= 0.6 is 0 Å². The van der Waals surface area contributed by atoms with E-state index in [4.69, 9.17) is 9.16 Å². The molecule has 1 aliphatic carbocycles. The highest BCUT2D eigenvalue weighted by Gasteiger charge is 2.38. The number of esters is 1. The Kier molecular flexibility index (Phi) is 10.7. The summed E-state index contributed by atoms with van der Waals surface area (Å²) >= 11 is 0. The Morgan fingerprint density at radius 1 is 1.11 bits per heavy atom. The predicted octanol–water partition coefficient (Wildman–Crippen LogP) is 7.23. The van der Waals surface area contributed by atoms with E-state index in [1.165, 1.54) is 49.6 Å². The molecule has 0 aliphatic heterocycles. The molecule has 1 aliphatic rings. The normalized spacial score (nSPS) is 19.5. The van der Waals surface area contributed by atoms with Gasteiger partial charge in [-0.05, 0) is 61.7 Å². The van der Waals surface area contributed by atoms with E-state index in [1.54, 1.807) is 0 Å². The van der Waals surface area contributed by atoms with E-state index in [2.05, 4.69) is 40.7 Å². The standard InChI is InChI=1S/C23H44O3Si/c1-7-16-27(17-8-2,18-9-3)26-21-14-15-23(5,6)20(19-21)12-11-13-22(24)25-10-4/h19-20H,7-18H2,1-6H3. The van der Waals surface area contributed by atoms with Gasteiger partial charge in [0.2, 0.25) is 0 Å². The molecule has 0 aromatic rings. The number of rotatable bonds is 13. The van der Waals surface area contributed by atoms with Crippen LogP contribution in [0.5, 0.6) is 0 Å². The summed E-state index contributed by atoms with van der Waals surface area (Å²) in [5.41, 5.74) is 0.284. The van der Waals surface area contributed by atoms with Crippen molar-refractivity contribution in [2.45, 2.75) is 111 Å². The first kappa shape index (κ1) is 24.3. The van der Waals surface area contributed by atoms with E-state index < -0.39 is 8.32 Å². The van der Waals surface area contributed by atoms with Crippen molar-refractivity contribution in [1.29, 1.82) is 0 Å². The fourth-order valence-corrected chi connectivity index (χ4v) is 9.11. The number of carbonyl (C=O) groups is 1. The van der Waals surface area contributed by atoms with Crippen LogP contribution in [0, 0.1) is 11.3 Å². The maximum absolute atomic E-state index is 11.7. The molecule has 0 aromatic carbocycles. The van der Waals surface area contributed by atoms with Gasteiger partial charge < -0.3 is 9.16 Å². The van der Waals surface area contributed by atoms with Gasteiger partial charge in [0.15, 0.2) is 0 Å². The van der Waals surface area contributed by atoms with Crippen molar-refractivity contribution >= 4 is 14.3 Å². The highest BCUT2D eigenvalue weighted by Crippen LogP contribution is 2.43. The molecule has 0 spiro atoms. The van der Waals surface area contributed by atoms with Crippen LogP contribution in [-0.2, 0) is 14.0 Å². The molecule has 0 N–H and O–H groups in total. The summed E-state index contributed by atoms with van der Waals surface area (Å²) in [7, 11) is -1.66. The zero-order valence-electron chi connectivity index (χ0n) is 18.9. The van der Waals surface area contributed by atoms with Crippen molar-refractivity contribution in [2.75, 3.05) is 6.61 Å². The zero-order chi connectivity index (χ0) is 20.3. The van der Waals surface area contributed by atoms with Gasteiger partial charge in [-0.25, -0.2) is 0 Å². The molecular weight excluding hydrogens is 352 g/mol. The highest BCUT2D eigenvalue weighted by atomic mass is 28.4. The van der Waals surface area contributed by atoms with Crippen molar-refractivity contribution in [3.8, 4) is 0 Å². The first-order valence-corrected chi connectivity index (χ1v) is 13.9. The largest absolute Gasteiger partial charge is 0.547 e. The minimum atomic E-state index is -1.66. The van der Waals surface area contributed by atoms with Crippen LogP contribution in [0.15, 0.2) is 11.8 Å². The van der Waals surface area contributed by atoms with E-state index in [0.717, 1.165) is 19.3 Å². The molecule has 3 nitrogen and oxygen atoms in total. The Labute approximate surface area is 169 Å². The van der Waals surface area contributed by atoms with Crippen LogP contribution in [0.25, 0.3) is 0 Å². The lowest BCUT2D eigenvalue weighted by molar-refractivity contribution is -0.143. The summed E-state index contributed by atoms with van der Waals surface area (Å²) in [5.74, 6) is 1.69. The Morgan fingerprint density at radius 3 is 2.22 bits per heavy atom. The van der Waals surface area contributed by atoms with E-state index in [1.807, 2.05) is 6.92 Å². The molecule has 27 heavy (non-hydrogen) atoms. The van der Waals surface area contributed by atoms with E-state index >= 15 is 0 Å². The first-order valence-electron chi connectivity index (χ1n) is 11.4. The van der Waals surface area contributed by atoms with Crippen molar-refractivity contribution in [3.63, 3.8) is 0 Å². The van der Waals surface area contributed by atoms with Crippen molar-refractivity contribution < 1.29 is 14.0 Å². The van der Waals surface area contributed by atoms with Crippen LogP contribution in [0.2, 0.25) is 18.1 Å². The molecule has 0 bridgehead atoms. The van der Waals surface area contributed by atoms with Crippen molar-refractivity contribution in [3.05, 3.63) is 11.8 Å². The van der Waals surface area contributed by atoms with Gasteiger partial charge in [-0.1, -0.05) is 53.9 Å². The van der Waals surface area contributed by atoms with Crippen LogP contribution in [0.3, 0.4) is 0 Å². The third-order valence-corrected chi connectivity index (χ3v) is 11.0. The summed E-state index contributed by atoms with van der Waals surface area (Å²) in [6.45, 7) is 14.0. The summed E-state index contributed by atoms with van der Waals surface area (Å²) in [4.78, 5) is 11.7. The number of hydrogen-bond acceptors (Lipinski definition) is 3. The summed E-state index contributed by atoms with van der Waals surface area (Å²) in [5, 5.41) is 0. The third-order valence-electron chi connectivity index (χ3n) is 6.07. The van der Waals surface area contributed by atoms with Gasteiger partial charge in [-0.2, -0.15) is 0 Å². The molecule has 0 radical (unpaired) electrons. The van der Waals surface area contributed by atoms with E-state index in [-0.39, 0.29) is 11.4 Å². The van der Waals surface area contributed by atoms with Gasteiger partial charge in [0.05, 0.1) is 12.4 Å². The minimum absolute atomic E-state index is 0.0631. The predicted molar refractivity (Wildman–Crippen MR) is 117 cm³/mol. The van der Waals surface area contributed by atoms with Crippen LogP contribution in [0.4, 0.5) is 0 Å². The smallest absolute Gasteiger partial charge is 0.305 e. The molecular formula is C23H44O3Si. The van der Waals surface area contributed by atoms with Gasteiger partial charge in [-0.3, -0.25) is 4.79 Å². The van der Waals surface area contributed by atoms with Gasteiger partial charge in [-0.15, -0.1) is 0 Å². The molecule has 0 amide bonds. The molecule has 0 saturated carbocycles. The average Bonchev–Trinajstić information content (AvgIpc) is 2.59. The average molecular weight is 397 g/mol. The van der Waals surface area contributed by atoms with Crippen LogP contribution < -0.4 is 0 Å². The Bertz CT molecular complexity index is 453. The number of allylic oxidation sites excluding steroid dienone is 2. The molecule has 1 unspecified atom stereocenters. The first-order chi connectivity index (χ1) is 12.8. The molecule has 0 aromatic heterocycles. The number of hydrogen-bond donors (Lipinski definition) is 0. The maximum atomic E-state index is 11.7. The fraction of sp³-hybridized carbons (Fsp3) is 0.870. The van der Waals surface area contributed by atoms with Gasteiger partial charge in [0.25, 0.3) is 8.32 Å². The quantitative estimate of drug-likeness (QED) is 0.243. The van der Waals surface area contributed by atoms with Gasteiger partial charge in [0.1, 0.15) is 0 Å². The molecule has 0 heterocycles. The maximum Gasteiger partial charge on any atom is 0.305 e. The van der Waals surface area contributed by atoms with Gasteiger partial charge >= 0.3 is 5.97 Å². The molecule has 158 valence electrons. The molecule has 0 saturated heterocycles. The number of carbonyl (C=O) groups excluding carboxylic acids is 1. The Hall–Kier alpha value is -0.773. The number of ether oxygens (including phenoxy) is 1. The fourth-order valence-electron chi connectivity index (χ4n) is 4.60. The Morgan fingerprint density at radius 2 is 1.70 bits per heavy atom. The Balaban J connectivity index is 2.82. The second-order valence-electron chi connectivity index (χ2n) is 8.96. The van der Waals surface area contributed by atoms with Crippen molar-refractivity contribution in [2.24, 2.45) is 11.3 Å². The van der Waals surface area contributed by atoms with E-state index in [0.29, 0.717) is 18.9 Å². The van der Waals surface area contributed by atoms with Crippen molar-refractivity contribution in [1.82, 2.24) is 0 Å². The van der Waals surface area contributed by atoms with Crippen LogP contribution in [0.1, 0.15) is 92.9 Å². The van der Waals surface area contributed by atoms with E-state index in [9.17, 15) is 4.79 Å². The summed E-state index contributed by atoms with van der Waals surface area (Å²) in [6, 6.07) is 3.84. The SMILES string of the molecule is CCC[Si](CCC)(CCC)OC1=CC(CCCC(=O)OCC)C(C)(C)CC1. The molecule has 1 rings (SSSR count). The summed E-state index contributed by atoms with van der Waals surface area (Å²) in [6.07, 6.45) is 10.9. The monoisotopic (exact) mass is 396 g/mol.